The first kappa shape index (κ1) is 21.9. The minimum absolute atomic E-state index is 0.0159. The zero-order valence-corrected chi connectivity index (χ0v) is 20.4. The van der Waals surface area contributed by atoms with Crippen molar-refractivity contribution in [3.05, 3.63) is 0 Å². The molecule has 11 unspecified atom stereocenters. The van der Waals surface area contributed by atoms with E-state index < -0.39 is 17.4 Å². The molecular formula is C27H42O4. The number of Topliss-reactive ketones (excluding diaryl/α,β-unsaturated/α-hetero) is 1. The Bertz CT molecular complexity index is 807. The smallest absolute Gasteiger partial charge is 0.310 e. The van der Waals surface area contributed by atoms with Gasteiger partial charge in [0.05, 0.1) is 12.0 Å². The number of ether oxygens (including phenoxy) is 1. The molecule has 1 aliphatic heterocycles. The van der Waals surface area contributed by atoms with E-state index in [4.69, 9.17) is 4.74 Å². The van der Waals surface area contributed by atoms with E-state index in [0.717, 1.165) is 6.42 Å². The third-order valence-corrected chi connectivity index (χ3v) is 12.0. The first-order valence-corrected chi connectivity index (χ1v) is 12.9. The summed E-state index contributed by atoms with van der Waals surface area (Å²) in [5, 5.41) is 11.2. The highest BCUT2D eigenvalue weighted by Crippen LogP contribution is 2.73. The molecule has 31 heavy (non-hydrogen) atoms. The Labute approximate surface area is 187 Å². The van der Waals surface area contributed by atoms with Gasteiger partial charge >= 0.3 is 5.97 Å². The third-order valence-electron chi connectivity index (χ3n) is 12.0. The summed E-state index contributed by atoms with van der Waals surface area (Å²) in [5.41, 5.74) is -0.195. The van der Waals surface area contributed by atoms with Crippen LogP contribution in [0.3, 0.4) is 0 Å². The van der Waals surface area contributed by atoms with Crippen molar-refractivity contribution >= 4 is 11.8 Å². The molecule has 0 aromatic carbocycles. The van der Waals surface area contributed by atoms with Gasteiger partial charge in [0, 0.05) is 17.8 Å². The fourth-order valence-electron chi connectivity index (χ4n) is 10.3. The highest BCUT2D eigenvalue weighted by molar-refractivity contribution is 5.93. The summed E-state index contributed by atoms with van der Waals surface area (Å²) in [7, 11) is 0. The standard InChI is InChI=1S/C27H42O4/c1-7-24(3)10-8-11-25(4)17(24)9-12-26(5)18(25)14-20(29)27(6)19(26)13-16(28)21-15(2)31-23(30)22(21)27/h15-19,21-22,28H,7-14H2,1-6H3. The van der Waals surface area contributed by atoms with E-state index in [9.17, 15) is 14.7 Å². The van der Waals surface area contributed by atoms with Crippen molar-refractivity contribution in [2.24, 2.45) is 51.2 Å². The zero-order valence-electron chi connectivity index (χ0n) is 20.4. The Hall–Kier alpha value is -0.900. The number of aliphatic hydroxyl groups is 1. The fraction of sp³-hybridized carbons (Fsp3) is 0.926. The average molecular weight is 431 g/mol. The van der Waals surface area contributed by atoms with Crippen molar-refractivity contribution in [2.45, 2.75) is 105 Å². The van der Waals surface area contributed by atoms with Crippen molar-refractivity contribution < 1.29 is 19.4 Å². The maximum atomic E-state index is 14.0. The fourth-order valence-corrected chi connectivity index (χ4v) is 10.3. The van der Waals surface area contributed by atoms with Crippen LogP contribution in [0.4, 0.5) is 0 Å². The Balaban J connectivity index is 1.59. The molecular weight excluding hydrogens is 388 g/mol. The number of ketones is 1. The lowest BCUT2D eigenvalue weighted by Gasteiger charge is -2.69. The quantitative estimate of drug-likeness (QED) is 0.584. The molecule has 1 saturated heterocycles. The van der Waals surface area contributed by atoms with Gasteiger partial charge in [0.2, 0.25) is 0 Å². The molecule has 1 N–H and O–H groups in total. The number of hydrogen-bond donors (Lipinski definition) is 1. The number of carbonyl (C=O) groups excluding carboxylic acids is 2. The summed E-state index contributed by atoms with van der Waals surface area (Å²) in [6.07, 6.45) is 7.63. The van der Waals surface area contributed by atoms with Crippen LogP contribution in [0.25, 0.3) is 0 Å². The normalized spacial score (nSPS) is 58.6. The van der Waals surface area contributed by atoms with Crippen molar-refractivity contribution in [1.29, 1.82) is 0 Å². The van der Waals surface area contributed by atoms with Crippen LogP contribution in [0, 0.1) is 51.2 Å². The summed E-state index contributed by atoms with van der Waals surface area (Å²) < 4.78 is 5.61. The Morgan fingerprint density at radius 3 is 2.35 bits per heavy atom. The van der Waals surface area contributed by atoms with E-state index in [2.05, 4.69) is 34.6 Å². The lowest BCUT2D eigenvalue weighted by atomic mass is 9.34. The van der Waals surface area contributed by atoms with Crippen LogP contribution in [0.5, 0.6) is 0 Å². The monoisotopic (exact) mass is 430 g/mol. The molecule has 4 heteroatoms. The average Bonchev–Trinajstić information content (AvgIpc) is 3.01. The first-order valence-electron chi connectivity index (χ1n) is 12.9. The minimum Gasteiger partial charge on any atom is -0.462 e. The molecule has 5 fully saturated rings. The SMILES string of the molecule is CCC1(C)CCCC2(C)C1CCC1(C)C2CC(=O)C2(C)C3C(=O)OC(C)C3C(O)CC12. The summed E-state index contributed by atoms with van der Waals surface area (Å²) >= 11 is 0. The Morgan fingerprint density at radius 1 is 1.00 bits per heavy atom. The van der Waals surface area contributed by atoms with Gasteiger partial charge in [-0.3, -0.25) is 9.59 Å². The molecule has 4 aliphatic carbocycles. The number of hydrogen-bond acceptors (Lipinski definition) is 4. The van der Waals surface area contributed by atoms with Gasteiger partial charge < -0.3 is 9.84 Å². The van der Waals surface area contributed by atoms with Crippen molar-refractivity contribution in [2.75, 3.05) is 0 Å². The molecule has 0 spiro atoms. The summed E-state index contributed by atoms with van der Waals surface area (Å²) in [5.74, 6) is 0.324. The maximum absolute atomic E-state index is 14.0. The second kappa shape index (κ2) is 6.58. The van der Waals surface area contributed by atoms with E-state index in [1.807, 2.05) is 6.92 Å². The number of fused-ring (bicyclic) bond motifs is 7. The van der Waals surface area contributed by atoms with Crippen LogP contribution >= 0.6 is 0 Å². The first-order chi connectivity index (χ1) is 14.4. The number of esters is 1. The van der Waals surface area contributed by atoms with Crippen LogP contribution in [0.2, 0.25) is 0 Å². The second-order valence-electron chi connectivity index (χ2n) is 13.0. The van der Waals surface area contributed by atoms with Gasteiger partial charge in [-0.05, 0) is 73.0 Å². The Morgan fingerprint density at radius 2 is 1.68 bits per heavy atom. The van der Waals surface area contributed by atoms with Gasteiger partial charge in [0.15, 0.2) is 0 Å². The topological polar surface area (TPSA) is 63.6 Å². The molecule has 4 nitrogen and oxygen atoms in total. The molecule has 4 saturated carbocycles. The van der Waals surface area contributed by atoms with E-state index >= 15 is 0 Å². The summed E-state index contributed by atoms with van der Waals surface area (Å²) in [4.78, 5) is 27.0. The number of cyclic esters (lactones) is 1. The number of rotatable bonds is 1. The highest BCUT2D eigenvalue weighted by Gasteiger charge is 2.73. The largest absolute Gasteiger partial charge is 0.462 e. The predicted molar refractivity (Wildman–Crippen MR) is 119 cm³/mol. The molecule has 5 aliphatic rings. The van der Waals surface area contributed by atoms with Crippen LogP contribution < -0.4 is 0 Å². The van der Waals surface area contributed by atoms with Crippen molar-refractivity contribution in [1.82, 2.24) is 0 Å². The van der Waals surface area contributed by atoms with Crippen molar-refractivity contribution in [3.63, 3.8) is 0 Å². The molecule has 0 radical (unpaired) electrons. The molecule has 1 heterocycles. The lowest BCUT2D eigenvalue weighted by Crippen LogP contribution is -2.68. The van der Waals surface area contributed by atoms with E-state index in [1.165, 1.54) is 32.1 Å². The van der Waals surface area contributed by atoms with Gasteiger partial charge in [0.1, 0.15) is 11.9 Å². The zero-order chi connectivity index (χ0) is 22.6. The van der Waals surface area contributed by atoms with Gasteiger partial charge in [-0.25, -0.2) is 0 Å². The van der Waals surface area contributed by atoms with E-state index in [0.29, 0.717) is 30.1 Å². The van der Waals surface area contributed by atoms with E-state index in [-0.39, 0.29) is 40.5 Å². The third kappa shape index (κ3) is 2.52. The summed E-state index contributed by atoms with van der Waals surface area (Å²) in [6.45, 7) is 13.6. The van der Waals surface area contributed by atoms with Gasteiger partial charge in [-0.2, -0.15) is 0 Å². The molecule has 0 bridgehead atoms. The molecule has 0 amide bonds. The molecule has 5 rings (SSSR count). The van der Waals surface area contributed by atoms with E-state index in [1.54, 1.807) is 0 Å². The summed E-state index contributed by atoms with van der Waals surface area (Å²) in [6, 6.07) is 0. The van der Waals surface area contributed by atoms with Crippen LogP contribution in [0.1, 0.15) is 92.9 Å². The molecule has 0 aromatic heterocycles. The van der Waals surface area contributed by atoms with Gasteiger partial charge in [-0.15, -0.1) is 0 Å². The van der Waals surface area contributed by atoms with Gasteiger partial charge in [0.25, 0.3) is 0 Å². The lowest BCUT2D eigenvalue weighted by molar-refractivity contribution is -0.220. The second-order valence-corrected chi connectivity index (χ2v) is 13.0. The molecule has 11 atom stereocenters. The molecule has 174 valence electrons. The predicted octanol–water partition coefficient (Wildman–Crippen LogP) is 5.16. The maximum Gasteiger partial charge on any atom is 0.310 e. The number of carbonyl (C=O) groups is 2. The highest BCUT2D eigenvalue weighted by atomic mass is 16.6. The van der Waals surface area contributed by atoms with Crippen LogP contribution in [-0.2, 0) is 14.3 Å². The van der Waals surface area contributed by atoms with Crippen LogP contribution in [-0.4, -0.2) is 29.1 Å². The van der Waals surface area contributed by atoms with Crippen molar-refractivity contribution in [3.8, 4) is 0 Å². The molecule has 0 aromatic rings. The van der Waals surface area contributed by atoms with Crippen LogP contribution in [0.15, 0.2) is 0 Å². The minimum atomic E-state index is -0.705. The van der Waals surface area contributed by atoms with Gasteiger partial charge in [-0.1, -0.05) is 47.5 Å². The Kier molecular flexibility index (Phi) is 4.65. The number of aliphatic hydroxyl groups excluding tert-OH is 1.